The molecule has 0 aliphatic rings. The van der Waals surface area contributed by atoms with Gasteiger partial charge in [0.15, 0.2) is 0 Å². The Morgan fingerprint density at radius 1 is 0.545 bits per heavy atom. The quantitative estimate of drug-likeness (QED) is 0.415. The molecule has 0 spiro atoms. The van der Waals surface area contributed by atoms with Crippen molar-refractivity contribution in [3.05, 3.63) is 0 Å². The van der Waals surface area contributed by atoms with E-state index >= 15 is 0 Å². The van der Waals surface area contributed by atoms with Gasteiger partial charge in [-0.25, -0.2) is 0 Å². The van der Waals surface area contributed by atoms with Gasteiger partial charge in [-0.05, 0) is 0 Å². The number of hydrogen-bond donors (Lipinski definition) is 0. The molecule has 11 heavy (non-hydrogen) atoms. The maximum absolute atomic E-state index is 2.12. The topological polar surface area (TPSA) is 0 Å². The third kappa shape index (κ3) is 0. The van der Waals surface area contributed by atoms with Crippen molar-refractivity contribution in [1.82, 2.24) is 0 Å². The Kier molecular flexibility index (Phi) is 5060. The van der Waals surface area contributed by atoms with Gasteiger partial charge in [-0.2, -0.15) is 0 Å². The first kappa shape index (κ1) is 68.8. The Morgan fingerprint density at radius 2 is 0.545 bits per heavy atom. The molecule has 0 amide bonds. The molecule has 0 aromatic carbocycles. The molecule has 0 aliphatic heterocycles. The second-order valence-electron chi connectivity index (χ2n) is 0.707. The van der Waals surface area contributed by atoms with Crippen molar-refractivity contribution in [2.24, 2.45) is 0 Å². The highest BCUT2D eigenvalue weighted by Crippen LogP contribution is 1.56. The molecule has 0 aromatic heterocycles. The first-order valence-electron chi connectivity index (χ1n) is 3.41. The van der Waals surface area contributed by atoms with Gasteiger partial charge in [-0.1, -0.05) is 77.7 Å². The van der Waals surface area contributed by atoms with Crippen LogP contribution in [-0.2, 0) is 0 Å². The Balaban J connectivity index is -0.00000000378. The van der Waals surface area contributed by atoms with Crippen LogP contribution in [0.4, 0.5) is 0 Å². The average molecular weight is 168 g/mol. The van der Waals surface area contributed by atoms with E-state index in [9.17, 15) is 0 Å². The number of rotatable bonds is 0. The van der Waals surface area contributed by atoms with Crippen molar-refractivity contribution >= 4 is 0 Å². The van der Waals surface area contributed by atoms with Gasteiger partial charge in [0.2, 0.25) is 0 Å². The lowest BCUT2D eigenvalue weighted by Gasteiger charge is -1.48. The molecule has 0 saturated heterocycles. The fourth-order valence-corrected chi connectivity index (χ4v) is 0. The van der Waals surface area contributed by atoms with Crippen molar-refractivity contribution in [3.8, 4) is 0 Å². The molecule has 0 heteroatoms. The molecular formula is C11H36. The summed E-state index contributed by atoms with van der Waals surface area (Å²) in [5, 5.41) is 0. The van der Waals surface area contributed by atoms with Gasteiger partial charge in [0.25, 0.3) is 0 Å². The lowest BCUT2D eigenvalue weighted by molar-refractivity contribution is 1.09. The first-order valence-corrected chi connectivity index (χ1v) is 3.41. The van der Waals surface area contributed by atoms with Gasteiger partial charge in [-0.3, -0.25) is 0 Å². The summed E-state index contributed by atoms with van der Waals surface area (Å²) in [7, 11) is 0. The van der Waals surface area contributed by atoms with E-state index in [1.165, 1.54) is 6.42 Å². The van der Waals surface area contributed by atoms with Crippen LogP contribution >= 0.6 is 0 Å². The van der Waals surface area contributed by atoms with E-state index < -0.39 is 0 Å². The van der Waals surface area contributed by atoms with E-state index in [0.717, 1.165) is 0 Å². The molecule has 0 aliphatic carbocycles. The molecular weight excluding hydrogens is 132 g/mol. The van der Waals surface area contributed by atoms with E-state index in [4.69, 9.17) is 0 Å². The first-order chi connectivity index (χ1) is 3.41. The van der Waals surface area contributed by atoms with E-state index in [1.54, 1.807) is 0 Å². The molecule has 0 rings (SSSR count). The molecule has 0 radical (unpaired) electrons. The van der Waals surface area contributed by atoms with Crippen LogP contribution in [0.2, 0.25) is 0 Å². The third-order valence-electron chi connectivity index (χ3n) is 0. The molecule has 0 unspecified atom stereocenters. The molecule has 80 valence electrons. The molecule has 0 nitrogen and oxygen atoms in total. The van der Waals surface area contributed by atoms with Crippen molar-refractivity contribution in [3.63, 3.8) is 0 Å². The highest BCUT2D eigenvalue weighted by atomic mass is 13.4. The average Bonchev–Trinajstić information content (AvgIpc) is 1.78. The summed E-state index contributed by atoms with van der Waals surface area (Å²) in [5.74, 6) is 0. The summed E-state index contributed by atoms with van der Waals surface area (Å²) in [6.45, 7) is 12.2. The van der Waals surface area contributed by atoms with E-state index in [0.29, 0.717) is 0 Å². The van der Waals surface area contributed by atoms with Gasteiger partial charge in [0.1, 0.15) is 0 Å². The second kappa shape index (κ2) is 810. The minimum atomic E-state index is 0. The summed E-state index contributed by atoms with van der Waals surface area (Å²) in [6, 6.07) is 0. The van der Waals surface area contributed by atoms with Crippen LogP contribution in [-0.4, -0.2) is 0 Å². The van der Waals surface area contributed by atoms with Gasteiger partial charge < -0.3 is 0 Å². The molecule has 0 heterocycles. The zero-order valence-corrected chi connectivity index (χ0v) is 6.71. The molecule has 0 atom stereocenters. The lowest BCUT2D eigenvalue weighted by Crippen LogP contribution is -1.27. The Bertz CT molecular complexity index is 0. The van der Waals surface area contributed by atoms with E-state index in [2.05, 4.69) is 13.8 Å². The standard InChI is InChI=1S/C3H8.2C2H6.4CH4/c1-3-2;2*1-2;;;;/h3H2,1-2H3;2*1-2H3;4*1H4. The van der Waals surface area contributed by atoms with Gasteiger partial charge in [0, 0.05) is 0 Å². The minimum absolute atomic E-state index is 0. The largest absolute Gasteiger partial charge is 0.0776 e. The molecule has 0 bridgehead atoms. The van der Waals surface area contributed by atoms with Crippen LogP contribution in [0.3, 0.4) is 0 Å². The fourth-order valence-electron chi connectivity index (χ4n) is 0. The van der Waals surface area contributed by atoms with E-state index in [-0.39, 0.29) is 29.7 Å². The number of hydrogen-bond acceptors (Lipinski definition) is 0. The molecule has 0 fully saturated rings. The summed E-state index contributed by atoms with van der Waals surface area (Å²) >= 11 is 0. The van der Waals surface area contributed by atoms with Crippen LogP contribution in [0.1, 0.15) is 77.7 Å². The second-order valence-corrected chi connectivity index (χ2v) is 0.707. The normalized spacial score (nSPS) is 2.73. The zero-order chi connectivity index (χ0) is 6.71. The highest BCUT2D eigenvalue weighted by molar-refractivity contribution is 3.92. The van der Waals surface area contributed by atoms with Crippen LogP contribution in [0, 0.1) is 0 Å². The summed E-state index contributed by atoms with van der Waals surface area (Å²) < 4.78 is 0. The smallest absolute Gasteiger partial charge is 0.0590 e. The SMILES string of the molecule is C.C.C.C.CC.CC.CCC. The zero-order valence-electron chi connectivity index (χ0n) is 6.71. The van der Waals surface area contributed by atoms with Crippen molar-refractivity contribution in [1.29, 1.82) is 0 Å². The van der Waals surface area contributed by atoms with Crippen molar-refractivity contribution in [2.75, 3.05) is 0 Å². The van der Waals surface area contributed by atoms with Crippen molar-refractivity contribution < 1.29 is 0 Å². The predicted octanol–water partition coefficient (Wildman–Crippen LogP) is 6.01. The Labute approximate surface area is 78.4 Å². The van der Waals surface area contributed by atoms with Gasteiger partial charge in [0.05, 0.1) is 0 Å². The predicted molar refractivity (Wildman–Crippen MR) is 65.6 cm³/mol. The fraction of sp³-hybridized carbons (Fsp3) is 1.00. The maximum atomic E-state index is 2.12. The monoisotopic (exact) mass is 168 g/mol. The van der Waals surface area contributed by atoms with Crippen molar-refractivity contribution in [2.45, 2.75) is 77.7 Å². The summed E-state index contributed by atoms with van der Waals surface area (Å²) in [6.07, 6.45) is 1.25. The van der Waals surface area contributed by atoms with Crippen LogP contribution < -0.4 is 0 Å². The maximum Gasteiger partial charge on any atom is -0.0590 e. The lowest BCUT2D eigenvalue weighted by atomic mass is 10.6. The third-order valence-corrected chi connectivity index (χ3v) is 0. The Hall–Kier alpha value is 0. The molecule has 0 saturated carbocycles. The van der Waals surface area contributed by atoms with Crippen LogP contribution in [0.25, 0.3) is 0 Å². The Morgan fingerprint density at radius 3 is 0.545 bits per heavy atom. The van der Waals surface area contributed by atoms with E-state index in [1.807, 2.05) is 27.7 Å². The molecule has 0 N–H and O–H groups in total. The van der Waals surface area contributed by atoms with Crippen LogP contribution in [0.5, 0.6) is 0 Å². The van der Waals surface area contributed by atoms with Crippen LogP contribution in [0.15, 0.2) is 0 Å². The molecule has 0 aromatic rings. The summed E-state index contributed by atoms with van der Waals surface area (Å²) in [5.41, 5.74) is 0. The highest BCUT2D eigenvalue weighted by Gasteiger charge is 1.35. The minimum Gasteiger partial charge on any atom is -0.0776 e. The van der Waals surface area contributed by atoms with Gasteiger partial charge >= 0.3 is 0 Å². The summed E-state index contributed by atoms with van der Waals surface area (Å²) in [4.78, 5) is 0. The van der Waals surface area contributed by atoms with Gasteiger partial charge in [-0.15, -0.1) is 0 Å².